The third-order valence-corrected chi connectivity index (χ3v) is 3.49. The van der Waals surface area contributed by atoms with Gasteiger partial charge in [-0.1, -0.05) is 64.5 Å². The van der Waals surface area contributed by atoms with Crippen molar-refractivity contribution in [2.75, 3.05) is 0 Å². The molecule has 1 aromatic rings. The Balaban J connectivity index is 3.01. The summed E-state index contributed by atoms with van der Waals surface area (Å²) in [4.78, 5) is 12.8. The molecule has 3 N–H and O–H groups in total. The highest BCUT2D eigenvalue weighted by molar-refractivity contribution is 7.80. The van der Waals surface area contributed by atoms with Crippen LogP contribution in [0.2, 0.25) is 0 Å². The Morgan fingerprint density at radius 3 is 2.45 bits per heavy atom. The maximum Gasteiger partial charge on any atom is 0.252 e. The van der Waals surface area contributed by atoms with Crippen LogP contribution in [0.3, 0.4) is 0 Å². The number of hydrogen-bond donors (Lipinski definition) is 2. The van der Waals surface area contributed by atoms with Crippen LogP contribution in [0.4, 0.5) is 0 Å². The number of hydrogen-bond acceptors (Lipinski definition) is 2. The number of nitrogens with one attached hydrogen (secondary N) is 1. The lowest BCUT2D eigenvalue weighted by molar-refractivity contribution is 0.0943. The van der Waals surface area contributed by atoms with E-state index in [9.17, 15) is 4.79 Å². The molecule has 0 bridgehead atoms. The summed E-state index contributed by atoms with van der Waals surface area (Å²) in [5.74, 6) is -0.109. The standard InChI is InChI=1S/C16H24N2OS/c1-5-8-13(14(17)20)18-15(19)11-9-6-7-10-12(11)16(2,3)4/h6-7,9-10,13H,5,8H2,1-4H3,(H2,17,20)(H,18,19). The largest absolute Gasteiger partial charge is 0.392 e. The Labute approximate surface area is 126 Å². The van der Waals surface area contributed by atoms with Crippen molar-refractivity contribution in [3.63, 3.8) is 0 Å². The van der Waals surface area contributed by atoms with E-state index < -0.39 is 0 Å². The van der Waals surface area contributed by atoms with Crippen LogP contribution in [-0.4, -0.2) is 16.9 Å². The summed E-state index contributed by atoms with van der Waals surface area (Å²) < 4.78 is 0. The minimum Gasteiger partial charge on any atom is -0.392 e. The van der Waals surface area contributed by atoms with E-state index in [4.69, 9.17) is 18.0 Å². The highest BCUT2D eigenvalue weighted by atomic mass is 32.1. The lowest BCUT2D eigenvalue weighted by Crippen LogP contribution is -2.43. The van der Waals surface area contributed by atoms with Gasteiger partial charge in [-0.2, -0.15) is 0 Å². The number of nitrogens with two attached hydrogens (primary N) is 1. The molecule has 0 radical (unpaired) electrons. The molecule has 0 spiro atoms. The maximum atomic E-state index is 12.5. The minimum absolute atomic E-state index is 0.0859. The Hall–Kier alpha value is -1.42. The Bertz CT molecular complexity index is 491. The smallest absolute Gasteiger partial charge is 0.252 e. The van der Waals surface area contributed by atoms with E-state index in [2.05, 4.69) is 26.1 Å². The molecule has 1 amide bonds. The third kappa shape index (κ3) is 4.30. The van der Waals surface area contributed by atoms with Crippen LogP contribution >= 0.6 is 12.2 Å². The number of thiocarbonyl (C=S) groups is 1. The molecule has 1 aromatic carbocycles. The predicted octanol–water partition coefficient (Wildman–Crippen LogP) is 3.17. The molecule has 0 saturated heterocycles. The molecule has 0 heterocycles. The quantitative estimate of drug-likeness (QED) is 0.820. The second-order valence-electron chi connectivity index (χ2n) is 6.01. The van der Waals surface area contributed by atoms with Gasteiger partial charge in [0.05, 0.1) is 11.0 Å². The van der Waals surface area contributed by atoms with Gasteiger partial charge in [-0.05, 0) is 23.5 Å². The molecule has 0 aliphatic rings. The number of rotatable bonds is 5. The van der Waals surface area contributed by atoms with Gasteiger partial charge in [-0.3, -0.25) is 4.79 Å². The summed E-state index contributed by atoms with van der Waals surface area (Å²) in [6.07, 6.45) is 1.68. The fraction of sp³-hybridized carbons (Fsp3) is 0.500. The van der Waals surface area contributed by atoms with Crippen molar-refractivity contribution in [1.29, 1.82) is 0 Å². The fourth-order valence-corrected chi connectivity index (χ4v) is 2.32. The van der Waals surface area contributed by atoms with Crippen LogP contribution in [0.5, 0.6) is 0 Å². The van der Waals surface area contributed by atoms with Gasteiger partial charge in [0.1, 0.15) is 0 Å². The highest BCUT2D eigenvalue weighted by Crippen LogP contribution is 2.25. The average Bonchev–Trinajstić information content (AvgIpc) is 2.37. The molecular formula is C16H24N2OS. The topological polar surface area (TPSA) is 55.1 Å². The normalized spacial score (nSPS) is 12.8. The fourth-order valence-electron chi connectivity index (χ4n) is 2.15. The number of carbonyl (C=O) groups excluding carboxylic acids is 1. The van der Waals surface area contributed by atoms with Crippen LogP contribution in [-0.2, 0) is 5.41 Å². The zero-order chi connectivity index (χ0) is 15.3. The zero-order valence-electron chi connectivity index (χ0n) is 12.7. The first-order chi connectivity index (χ1) is 9.27. The number of benzene rings is 1. The lowest BCUT2D eigenvalue weighted by atomic mass is 9.83. The van der Waals surface area contributed by atoms with Crippen molar-refractivity contribution in [3.8, 4) is 0 Å². The summed E-state index contributed by atoms with van der Waals surface area (Å²) in [7, 11) is 0. The first-order valence-corrected chi connectivity index (χ1v) is 7.38. The summed E-state index contributed by atoms with van der Waals surface area (Å²) in [5.41, 5.74) is 7.32. The average molecular weight is 292 g/mol. The highest BCUT2D eigenvalue weighted by Gasteiger charge is 2.23. The van der Waals surface area contributed by atoms with E-state index in [1.165, 1.54) is 0 Å². The molecular weight excluding hydrogens is 268 g/mol. The zero-order valence-corrected chi connectivity index (χ0v) is 13.5. The Kier molecular flexibility index (Phi) is 5.69. The van der Waals surface area contributed by atoms with Crippen LogP contribution < -0.4 is 11.1 Å². The van der Waals surface area contributed by atoms with Crippen LogP contribution in [0, 0.1) is 0 Å². The second-order valence-corrected chi connectivity index (χ2v) is 6.48. The molecule has 0 aromatic heterocycles. The molecule has 110 valence electrons. The lowest BCUT2D eigenvalue weighted by Gasteiger charge is -2.24. The van der Waals surface area contributed by atoms with Crippen LogP contribution in [0.25, 0.3) is 0 Å². The van der Waals surface area contributed by atoms with Crippen molar-refractivity contribution in [2.24, 2.45) is 5.73 Å². The molecule has 0 saturated carbocycles. The SMILES string of the molecule is CCCC(NC(=O)c1ccccc1C(C)(C)C)C(N)=S. The summed E-state index contributed by atoms with van der Waals surface area (Å²) in [5, 5.41) is 2.94. The summed E-state index contributed by atoms with van der Waals surface area (Å²) in [6, 6.07) is 7.42. The van der Waals surface area contributed by atoms with E-state index in [0.29, 0.717) is 10.6 Å². The van der Waals surface area contributed by atoms with Gasteiger partial charge in [-0.25, -0.2) is 0 Å². The molecule has 1 unspecified atom stereocenters. The van der Waals surface area contributed by atoms with E-state index in [1.54, 1.807) is 0 Å². The van der Waals surface area contributed by atoms with Gasteiger partial charge in [0.2, 0.25) is 0 Å². The van der Waals surface area contributed by atoms with E-state index in [0.717, 1.165) is 18.4 Å². The van der Waals surface area contributed by atoms with Gasteiger partial charge in [0, 0.05) is 5.56 Å². The monoisotopic (exact) mass is 292 g/mol. The van der Waals surface area contributed by atoms with Crippen molar-refractivity contribution < 1.29 is 4.79 Å². The first-order valence-electron chi connectivity index (χ1n) is 6.97. The predicted molar refractivity (Wildman–Crippen MR) is 88.1 cm³/mol. The molecule has 20 heavy (non-hydrogen) atoms. The van der Waals surface area contributed by atoms with E-state index >= 15 is 0 Å². The van der Waals surface area contributed by atoms with Crippen molar-refractivity contribution in [2.45, 2.75) is 52.0 Å². The third-order valence-electron chi connectivity index (χ3n) is 3.21. The van der Waals surface area contributed by atoms with E-state index in [-0.39, 0.29) is 17.4 Å². The van der Waals surface area contributed by atoms with Crippen molar-refractivity contribution in [1.82, 2.24) is 5.32 Å². The first kappa shape index (κ1) is 16.6. The molecule has 0 aliphatic heterocycles. The molecule has 3 nitrogen and oxygen atoms in total. The van der Waals surface area contributed by atoms with Gasteiger partial charge < -0.3 is 11.1 Å². The van der Waals surface area contributed by atoms with Crippen LogP contribution in [0.1, 0.15) is 56.5 Å². The van der Waals surface area contributed by atoms with Gasteiger partial charge in [0.25, 0.3) is 5.91 Å². The second kappa shape index (κ2) is 6.84. The molecule has 0 fully saturated rings. The summed E-state index contributed by atoms with van der Waals surface area (Å²) in [6.45, 7) is 8.32. The Morgan fingerprint density at radius 2 is 1.95 bits per heavy atom. The maximum absolute atomic E-state index is 12.5. The molecule has 4 heteroatoms. The summed E-state index contributed by atoms with van der Waals surface area (Å²) >= 11 is 5.02. The van der Waals surface area contributed by atoms with Crippen LogP contribution in [0.15, 0.2) is 24.3 Å². The van der Waals surface area contributed by atoms with E-state index in [1.807, 2.05) is 31.2 Å². The Morgan fingerprint density at radius 1 is 1.35 bits per heavy atom. The van der Waals surface area contributed by atoms with Crippen molar-refractivity contribution in [3.05, 3.63) is 35.4 Å². The minimum atomic E-state index is -0.240. The van der Waals surface area contributed by atoms with Gasteiger partial charge in [0.15, 0.2) is 0 Å². The number of amides is 1. The molecule has 0 aliphatic carbocycles. The molecule has 1 atom stereocenters. The van der Waals surface area contributed by atoms with Gasteiger partial charge >= 0.3 is 0 Å². The number of carbonyl (C=O) groups is 1. The molecule has 1 rings (SSSR count). The van der Waals surface area contributed by atoms with Gasteiger partial charge in [-0.15, -0.1) is 0 Å². The van der Waals surface area contributed by atoms with Crippen molar-refractivity contribution >= 4 is 23.1 Å².